The van der Waals surface area contributed by atoms with Crippen LogP contribution in [0.15, 0.2) is 42.4 Å². The molecule has 0 unspecified atom stereocenters. The van der Waals surface area contributed by atoms with E-state index < -0.39 is 0 Å². The number of hydrogen-bond donors (Lipinski definition) is 0. The number of Topliss-reactive ketones (excluding diaryl/α,β-unsaturated/α-hetero) is 1. The number of carbonyl (C=O) groups is 1. The molecule has 8 nitrogen and oxygen atoms in total. The van der Waals surface area contributed by atoms with Crippen LogP contribution in [0.1, 0.15) is 21.1 Å². The van der Waals surface area contributed by atoms with Crippen molar-refractivity contribution >= 4 is 22.8 Å². The number of thiazole rings is 1. The Bertz CT molecular complexity index is 1120. The van der Waals surface area contributed by atoms with Crippen molar-refractivity contribution in [3.8, 4) is 17.2 Å². The number of rotatable bonds is 6. The number of ketones is 1. The summed E-state index contributed by atoms with van der Waals surface area (Å²) >= 11 is 1.46. The number of nitrogens with zero attached hydrogens (tertiary/aromatic N) is 5. The smallest absolute Gasteiger partial charge is 0.173 e. The van der Waals surface area contributed by atoms with Gasteiger partial charge in [0.25, 0.3) is 0 Å². The molecule has 0 amide bonds. The number of methoxy groups -OCH3 is 1. The zero-order chi connectivity index (χ0) is 18.8. The van der Waals surface area contributed by atoms with Crippen molar-refractivity contribution < 1.29 is 14.3 Å². The molecule has 0 atom stereocenters. The molecule has 4 rings (SSSR count). The number of aromatic nitrogens is 5. The van der Waals surface area contributed by atoms with Gasteiger partial charge in [0.1, 0.15) is 28.6 Å². The van der Waals surface area contributed by atoms with E-state index in [4.69, 9.17) is 9.47 Å². The van der Waals surface area contributed by atoms with Crippen molar-refractivity contribution in [2.75, 3.05) is 7.11 Å². The molecule has 0 aliphatic carbocycles. The van der Waals surface area contributed by atoms with Crippen LogP contribution in [0, 0.1) is 6.92 Å². The van der Waals surface area contributed by atoms with Crippen LogP contribution in [0.3, 0.4) is 0 Å². The molecule has 0 fully saturated rings. The van der Waals surface area contributed by atoms with Gasteiger partial charge in [-0.15, -0.1) is 11.3 Å². The van der Waals surface area contributed by atoms with Gasteiger partial charge >= 0.3 is 0 Å². The van der Waals surface area contributed by atoms with Crippen LogP contribution in [0.5, 0.6) is 17.2 Å². The fourth-order valence-electron chi connectivity index (χ4n) is 2.58. The lowest BCUT2D eigenvalue weighted by Gasteiger charge is -2.09. The maximum absolute atomic E-state index is 12.8. The number of ether oxygens (including phenoxy) is 2. The van der Waals surface area contributed by atoms with Gasteiger partial charge in [0.15, 0.2) is 11.4 Å². The van der Waals surface area contributed by atoms with Crippen molar-refractivity contribution in [3.05, 3.63) is 58.7 Å². The van der Waals surface area contributed by atoms with E-state index >= 15 is 0 Å². The lowest BCUT2D eigenvalue weighted by molar-refractivity contribution is 0.0993. The zero-order valence-corrected chi connectivity index (χ0v) is 15.4. The first-order chi connectivity index (χ1) is 13.1. The summed E-state index contributed by atoms with van der Waals surface area (Å²) in [6.45, 7) is 1.90. The van der Waals surface area contributed by atoms with E-state index in [2.05, 4.69) is 20.1 Å². The average Bonchev–Trinajstić information content (AvgIpc) is 3.29. The van der Waals surface area contributed by atoms with Gasteiger partial charge in [0, 0.05) is 17.1 Å². The van der Waals surface area contributed by atoms with E-state index in [0.717, 1.165) is 10.7 Å². The summed E-state index contributed by atoms with van der Waals surface area (Å²) < 4.78 is 12.5. The Hall–Kier alpha value is -3.33. The second-order valence-electron chi connectivity index (χ2n) is 5.76. The van der Waals surface area contributed by atoms with Gasteiger partial charge in [-0.2, -0.15) is 5.10 Å². The Kier molecular flexibility index (Phi) is 4.51. The van der Waals surface area contributed by atoms with Gasteiger partial charge in [0.2, 0.25) is 0 Å². The highest BCUT2D eigenvalue weighted by Gasteiger charge is 2.17. The Morgan fingerprint density at radius 3 is 2.85 bits per heavy atom. The maximum atomic E-state index is 12.8. The maximum Gasteiger partial charge on any atom is 0.173 e. The number of fused-ring (bicyclic) bond motifs is 1. The topological polar surface area (TPSA) is 91.5 Å². The third kappa shape index (κ3) is 3.63. The molecule has 4 aromatic rings. The van der Waals surface area contributed by atoms with E-state index in [9.17, 15) is 4.79 Å². The summed E-state index contributed by atoms with van der Waals surface area (Å²) in [5.41, 5.74) is 1.80. The summed E-state index contributed by atoms with van der Waals surface area (Å²) in [6.07, 6.45) is 6.40. The van der Waals surface area contributed by atoms with Crippen LogP contribution in [-0.2, 0) is 6.42 Å². The SMILES string of the molecule is COc1cncc(Oc2cc(C(=O)Cc3nc(C)cs3)c3ncnn3c2)c1. The second kappa shape index (κ2) is 7.12. The van der Waals surface area contributed by atoms with Crippen LogP contribution in [-0.4, -0.2) is 37.5 Å². The van der Waals surface area contributed by atoms with Crippen molar-refractivity contribution in [1.82, 2.24) is 24.6 Å². The molecule has 0 radical (unpaired) electrons. The summed E-state index contributed by atoms with van der Waals surface area (Å²) in [7, 11) is 1.55. The minimum absolute atomic E-state index is 0.100. The summed E-state index contributed by atoms with van der Waals surface area (Å²) in [4.78, 5) is 25.4. The van der Waals surface area contributed by atoms with Crippen LogP contribution >= 0.6 is 11.3 Å². The molecule has 0 saturated carbocycles. The minimum Gasteiger partial charge on any atom is -0.495 e. The molecule has 4 heterocycles. The van der Waals surface area contributed by atoms with Crippen molar-refractivity contribution in [1.29, 1.82) is 0 Å². The van der Waals surface area contributed by atoms with E-state index in [-0.39, 0.29) is 12.2 Å². The molecule has 0 spiro atoms. The molecular weight excluding hydrogens is 366 g/mol. The largest absolute Gasteiger partial charge is 0.495 e. The normalized spacial score (nSPS) is 10.9. The molecule has 4 aromatic heterocycles. The fraction of sp³-hybridized carbons (Fsp3) is 0.167. The Morgan fingerprint density at radius 2 is 2.07 bits per heavy atom. The molecule has 9 heteroatoms. The summed E-state index contributed by atoms with van der Waals surface area (Å²) in [5, 5.41) is 6.81. The molecule has 0 N–H and O–H groups in total. The molecule has 136 valence electrons. The molecule has 0 aliphatic heterocycles. The van der Waals surface area contributed by atoms with E-state index in [1.54, 1.807) is 37.8 Å². The third-order valence-electron chi connectivity index (χ3n) is 3.79. The Labute approximate surface area is 158 Å². The van der Waals surface area contributed by atoms with E-state index in [1.165, 1.54) is 22.2 Å². The van der Waals surface area contributed by atoms with Crippen LogP contribution in [0.2, 0.25) is 0 Å². The van der Waals surface area contributed by atoms with Gasteiger partial charge in [-0.3, -0.25) is 9.78 Å². The lowest BCUT2D eigenvalue weighted by atomic mass is 10.1. The lowest BCUT2D eigenvalue weighted by Crippen LogP contribution is -2.07. The second-order valence-corrected chi connectivity index (χ2v) is 6.71. The minimum atomic E-state index is -0.100. The van der Waals surface area contributed by atoms with Crippen molar-refractivity contribution in [3.63, 3.8) is 0 Å². The molecule has 0 aromatic carbocycles. The zero-order valence-electron chi connectivity index (χ0n) is 14.6. The number of aryl methyl sites for hydroxylation is 1. The monoisotopic (exact) mass is 381 g/mol. The number of carbonyl (C=O) groups excluding carboxylic acids is 1. The highest BCUT2D eigenvalue weighted by atomic mass is 32.1. The summed E-state index contributed by atoms with van der Waals surface area (Å²) in [5.74, 6) is 1.41. The first kappa shape index (κ1) is 17.1. The summed E-state index contributed by atoms with van der Waals surface area (Å²) in [6, 6.07) is 3.37. The van der Waals surface area contributed by atoms with Crippen molar-refractivity contribution in [2.45, 2.75) is 13.3 Å². The van der Waals surface area contributed by atoms with E-state index in [0.29, 0.717) is 28.5 Å². The Morgan fingerprint density at radius 1 is 1.22 bits per heavy atom. The standard InChI is InChI=1S/C18H15N5O3S/c1-11-9-27-17(22-11)5-16(24)15-4-14(8-23-18(15)20-10-21-23)26-13-3-12(25-2)6-19-7-13/h3-4,6-10H,5H2,1-2H3. The third-order valence-corrected chi connectivity index (χ3v) is 4.75. The van der Waals surface area contributed by atoms with Gasteiger partial charge in [-0.25, -0.2) is 14.5 Å². The average molecular weight is 381 g/mol. The molecule has 0 aliphatic rings. The Balaban J connectivity index is 1.67. The first-order valence-corrected chi connectivity index (χ1v) is 8.95. The molecule has 27 heavy (non-hydrogen) atoms. The highest BCUT2D eigenvalue weighted by molar-refractivity contribution is 7.09. The van der Waals surface area contributed by atoms with Crippen LogP contribution < -0.4 is 9.47 Å². The predicted molar refractivity (Wildman–Crippen MR) is 98.7 cm³/mol. The number of pyridine rings is 2. The fourth-order valence-corrected chi connectivity index (χ4v) is 3.35. The number of hydrogen-bond acceptors (Lipinski definition) is 8. The van der Waals surface area contributed by atoms with Gasteiger partial charge in [-0.05, 0) is 13.0 Å². The first-order valence-electron chi connectivity index (χ1n) is 8.07. The van der Waals surface area contributed by atoms with Gasteiger partial charge in [-0.1, -0.05) is 0 Å². The van der Waals surface area contributed by atoms with E-state index in [1.807, 2.05) is 12.3 Å². The molecular formula is C18H15N5O3S. The predicted octanol–water partition coefficient (Wildman–Crippen LogP) is 3.12. The van der Waals surface area contributed by atoms with Gasteiger partial charge in [0.05, 0.1) is 37.7 Å². The molecule has 0 bridgehead atoms. The molecule has 0 saturated heterocycles. The van der Waals surface area contributed by atoms with Crippen molar-refractivity contribution in [2.24, 2.45) is 0 Å². The van der Waals surface area contributed by atoms with Gasteiger partial charge < -0.3 is 9.47 Å². The van der Waals surface area contributed by atoms with Crippen LogP contribution in [0.4, 0.5) is 0 Å². The quantitative estimate of drug-likeness (QED) is 0.474. The van der Waals surface area contributed by atoms with Crippen LogP contribution in [0.25, 0.3) is 5.65 Å². The highest BCUT2D eigenvalue weighted by Crippen LogP contribution is 2.26.